The molecule has 2 nitrogen and oxygen atoms in total. The average molecular weight is 307 g/mol. The van der Waals surface area contributed by atoms with Crippen LogP contribution < -0.4 is 5.32 Å². The largest absolute Gasteiger partial charge is 0.346 e. The first-order valence-electron chi connectivity index (χ1n) is 6.33. The van der Waals surface area contributed by atoms with Gasteiger partial charge in [-0.25, -0.2) is 0 Å². The van der Waals surface area contributed by atoms with Crippen molar-refractivity contribution in [3.8, 4) is 0 Å². The van der Waals surface area contributed by atoms with E-state index in [4.69, 9.17) is 0 Å². The highest BCUT2D eigenvalue weighted by molar-refractivity contribution is 9.10. The lowest BCUT2D eigenvalue weighted by Crippen LogP contribution is -2.20. The molecule has 1 aromatic carbocycles. The first-order valence-corrected chi connectivity index (χ1v) is 7.13. The third-order valence-electron chi connectivity index (χ3n) is 3.06. The van der Waals surface area contributed by atoms with E-state index in [-0.39, 0.29) is 0 Å². The molecule has 0 radical (unpaired) electrons. The minimum atomic E-state index is 0.386. The van der Waals surface area contributed by atoms with Crippen LogP contribution in [0.25, 0.3) is 0 Å². The van der Waals surface area contributed by atoms with Crippen molar-refractivity contribution in [2.24, 2.45) is 0 Å². The van der Waals surface area contributed by atoms with E-state index in [9.17, 15) is 0 Å². The number of hydrogen-bond acceptors (Lipinski definition) is 1. The van der Waals surface area contributed by atoms with Crippen molar-refractivity contribution in [2.45, 2.75) is 26.4 Å². The predicted molar refractivity (Wildman–Crippen MR) is 79.8 cm³/mol. The molecule has 0 amide bonds. The fraction of sp³-hybridized carbons (Fsp3) is 0.333. The van der Waals surface area contributed by atoms with E-state index >= 15 is 0 Å². The Kier molecular flexibility index (Phi) is 4.61. The van der Waals surface area contributed by atoms with Crippen LogP contribution in [0.4, 0.5) is 0 Å². The summed E-state index contributed by atoms with van der Waals surface area (Å²) < 4.78 is 3.43. The lowest BCUT2D eigenvalue weighted by Gasteiger charge is -2.16. The molecule has 0 fully saturated rings. The third-order valence-corrected chi connectivity index (χ3v) is 3.55. The monoisotopic (exact) mass is 306 g/mol. The highest BCUT2D eigenvalue weighted by atomic mass is 79.9. The molecule has 1 unspecified atom stereocenters. The maximum absolute atomic E-state index is 3.52. The topological polar surface area (TPSA) is 17.0 Å². The first kappa shape index (κ1) is 13.4. The Morgan fingerprint density at radius 3 is 2.83 bits per heavy atom. The van der Waals surface area contributed by atoms with Crippen molar-refractivity contribution >= 4 is 15.9 Å². The summed E-state index contributed by atoms with van der Waals surface area (Å²) in [6.45, 7) is 6.25. The molecule has 0 saturated heterocycles. The van der Waals surface area contributed by atoms with Crippen molar-refractivity contribution in [3.05, 3.63) is 58.3 Å². The summed E-state index contributed by atoms with van der Waals surface area (Å²) in [6.07, 6.45) is 2.14. The van der Waals surface area contributed by atoms with Gasteiger partial charge in [0, 0.05) is 29.0 Å². The van der Waals surface area contributed by atoms with Crippen LogP contribution in [0, 0.1) is 0 Å². The van der Waals surface area contributed by atoms with Crippen molar-refractivity contribution in [1.29, 1.82) is 0 Å². The maximum atomic E-state index is 3.52. The summed E-state index contributed by atoms with van der Waals surface area (Å²) in [7, 11) is 0. The molecule has 0 spiro atoms. The van der Waals surface area contributed by atoms with Crippen molar-refractivity contribution in [3.63, 3.8) is 0 Å². The maximum Gasteiger partial charge on any atom is 0.0473 e. The number of nitrogens with one attached hydrogen (secondary N) is 1. The van der Waals surface area contributed by atoms with Crippen LogP contribution in [0.1, 0.15) is 31.1 Å². The van der Waals surface area contributed by atoms with Gasteiger partial charge in [0.1, 0.15) is 0 Å². The van der Waals surface area contributed by atoms with E-state index in [1.807, 2.05) is 0 Å². The standard InChI is InChI=1S/C15H19BrN2/c1-3-17-12(2)15-8-5-9-18(15)11-13-6-4-7-14(16)10-13/h4-10,12,17H,3,11H2,1-2H3. The lowest BCUT2D eigenvalue weighted by molar-refractivity contribution is 0.553. The van der Waals surface area contributed by atoms with Gasteiger partial charge < -0.3 is 9.88 Å². The lowest BCUT2D eigenvalue weighted by atomic mass is 10.2. The van der Waals surface area contributed by atoms with E-state index in [1.54, 1.807) is 0 Å². The van der Waals surface area contributed by atoms with Crippen LogP contribution in [0.5, 0.6) is 0 Å². The smallest absolute Gasteiger partial charge is 0.0473 e. The normalized spacial score (nSPS) is 12.6. The molecular formula is C15H19BrN2. The van der Waals surface area contributed by atoms with E-state index in [0.29, 0.717) is 6.04 Å². The molecule has 1 atom stereocenters. The van der Waals surface area contributed by atoms with Crippen molar-refractivity contribution < 1.29 is 0 Å². The summed E-state index contributed by atoms with van der Waals surface area (Å²) in [5, 5.41) is 3.46. The number of aromatic nitrogens is 1. The predicted octanol–water partition coefficient (Wildman–Crippen LogP) is 3.97. The molecule has 0 aliphatic heterocycles. The van der Waals surface area contributed by atoms with Gasteiger partial charge in [-0.05, 0) is 43.3 Å². The Hall–Kier alpha value is -1.06. The molecule has 0 aliphatic rings. The molecule has 3 heteroatoms. The van der Waals surface area contributed by atoms with Gasteiger partial charge in [0.2, 0.25) is 0 Å². The summed E-state index contributed by atoms with van der Waals surface area (Å²) in [4.78, 5) is 0. The van der Waals surface area contributed by atoms with Gasteiger partial charge in [0.15, 0.2) is 0 Å². The second-order valence-corrected chi connectivity index (χ2v) is 5.39. The van der Waals surface area contributed by atoms with Crippen molar-refractivity contribution in [2.75, 3.05) is 6.54 Å². The zero-order chi connectivity index (χ0) is 13.0. The SMILES string of the molecule is CCNC(C)c1cccn1Cc1cccc(Br)c1. The number of rotatable bonds is 5. The Balaban J connectivity index is 2.17. The summed E-state index contributed by atoms with van der Waals surface area (Å²) in [6, 6.07) is 13.1. The zero-order valence-corrected chi connectivity index (χ0v) is 12.4. The van der Waals surface area contributed by atoms with Gasteiger partial charge in [0.25, 0.3) is 0 Å². The fourth-order valence-corrected chi connectivity index (χ4v) is 2.65. The molecule has 1 N–H and O–H groups in total. The van der Waals surface area contributed by atoms with E-state index < -0.39 is 0 Å². The van der Waals surface area contributed by atoms with Crippen molar-refractivity contribution in [1.82, 2.24) is 9.88 Å². The highest BCUT2D eigenvalue weighted by Gasteiger charge is 2.08. The fourth-order valence-electron chi connectivity index (χ4n) is 2.21. The Labute approximate surface area is 117 Å². The highest BCUT2D eigenvalue weighted by Crippen LogP contribution is 2.17. The molecule has 0 saturated carbocycles. The number of benzene rings is 1. The minimum Gasteiger partial charge on any atom is -0.346 e. The molecule has 96 valence electrons. The third kappa shape index (κ3) is 3.24. The quantitative estimate of drug-likeness (QED) is 0.884. The summed E-state index contributed by atoms with van der Waals surface area (Å²) in [5.41, 5.74) is 2.64. The second-order valence-electron chi connectivity index (χ2n) is 4.47. The summed E-state index contributed by atoms with van der Waals surface area (Å²) in [5.74, 6) is 0. The molecule has 18 heavy (non-hydrogen) atoms. The average Bonchev–Trinajstić information content (AvgIpc) is 2.77. The Bertz CT molecular complexity index is 505. The molecule has 1 heterocycles. The van der Waals surface area contributed by atoms with Crippen LogP contribution in [-0.4, -0.2) is 11.1 Å². The van der Waals surface area contributed by atoms with Crippen LogP contribution >= 0.6 is 15.9 Å². The van der Waals surface area contributed by atoms with Crippen LogP contribution in [0.15, 0.2) is 47.1 Å². The molecule has 1 aromatic heterocycles. The number of hydrogen-bond donors (Lipinski definition) is 1. The molecule has 2 rings (SSSR count). The summed E-state index contributed by atoms with van der Waals surface area (Å²) >= 11 is 3.52. The van der Waals surface area contributed by atoms with Gasteiger partial charge in [-0.3, -0.25) is 0 Å². The van der Waals surface area contributed by atoms with Gasteiger partial charge in [-0.1, -0.05) is 35.0 Å². The van der Waals surface area contributed by atoms with Crippen LogP contribution in [-0.2, 0) is 6.54 Å². The zero-order valence-electron chi connectivity index (χ0n) is 10.9. The second kappa shape index (κ2) is 6.21. The molecule has 2 aromatic rings. The number of halogens is 1. The minimum absolute atomic E-state index is 0.386. The Morgan fingerprint density at radius 1 is 1.28 bits per heavy atom. The van der Waals surface area contributed by atoms with E-state index in [0.717, 1.165) is 17.6 Å². The first-order chi connectivity index (χ1) is 8.70. The van der Waals surface area contributed by atoms with Gasteiger partial charge >= 0.3 is 0 Å². The molecule has 0 bridgehead atoms. The Morgan fingerprint density at radius 2 is 2.11 bits per heavy atom. The number of nitrogens with zero attached hydrogens (tertiary/aromatic N) is 1. The van der Waals surface area contributed by atoms with Gasteiger partial charge in [-0.2, -0.15) is 0 Å². The van der Waals surface area contributed by atoms with E-state index in [2.05, 4.69) is 82.3 Å². The van der Waals surface area contributed by atoms with Crippen LogP contribution in [0.2, 0.25) is 0 Å². The molecule has 0 aliphatic carbocycles. The van der Waals surface area contributed by atoms with Gasteiger partial charge in [-0.15, -0.1) is 0 Å². The molecular weight excluding hydrogens is 288 g/mol. The van der Waals surface area contributed by atoms with Crippen LogP contribution in [0.3, 0.4) is 0 Å². The van der Waals surface area contributed by atoms with E-state index in [1.165, 1.54) is 11.3 Å². The van der Waals surface area contributed by atoms with Gasteiger partial charge in [0.05, 0.1) is 0 Å².